The van der Waals surface area contributed by atoms with Crippen LogP contribution < -0.4 is 10.6 Å². The van der Waals surface area contributed by atoms with Gasteiger partial charge in [0.15, 0.2) is 0 Å². The molecule has 0 aliphatic carbocycles. The Balaban J connectivity index is 1.71. The third-order valence-corrected chi connectivity index (χ3v) is 2.73. The van der Waals surface area contributed by atoms with Gasteiger partial charge in [-0.05, 0) is 13.3 Å². The summed E-state index contributed by atoms with van der Waals surface area (Å²) in [4.78, 5) is 10.9. The van der Waals surface area contributed by atoms with Crippen molar-refractivity contribution in [1.29, 1.82) is 0 Å². The molecule has 0 spiro atoms. The molecule has 1 fully saturated rings. The monoisotopic (exact) mass is 208 g/mol. The zero-order chi connectivity index (χ0) is 10.7. The van der Waals surface area contributed by atoms with Gasteiger partial charge < -0.3 is 10.6 Å². The van der Waals surface area contributed by atoms with Gasteiger partial charge >= 0.3 is 0 Å². The van der Waals surface area contributed by atoms with Gasteiger partial charge in [0.1, 0.15) is 0 Å². The fraction of sp³-hybridized carbons (Fsp3) is 0.600. The van der Waals surface area contributed by atoms with E-state index < -0.39 is 0 Å². The molecule has 1 aromatic rings. The third-order valence-electron chi connectivity index (χ3n) is 2.73. The normalized spacial score (nSPS) is 20.6. The lowest BCUT2D eigenvalue weighted by Crippen LogP contribution is -2.35. The molecule has 5 nitrogen and oxygen atoms in total. The molecule has 1 saturated heterocycles. The summed E-state index contributed by atoms with van der Waals surface area (Å²) >= 11 is 0. The Morgan fingerprint density at radius 1 is 1.67 bits per heavy atom. The van der Waals surface area contributed by atoms with E-state index in [1.54, 1.807) is 0 Å². The van der Waals surface area contributed by atoms with E-state index in [4.69, 9.17) is 0 Å². The predicted molar refractivity (Wildman–Crippen MR) is 56.2 cm³/mol. The Bertz CT molecular complexity index is 347. The van der Waals surface area contributed by atoms with Crippen LogP contribution in [-0.2, 0) is 11.3 Å². The summed E-state index contributed by atoms with van der Waals surface area (Å²) in [7, 11) is 0. The van der Waals surface area contributed by atoms with Crippen LogP contribution in [-0.4, -0.2) is 28.7 Å². The Morgan fingerprint density at radius 2 is 2.53 bits per heavy atom. The van der Waals surface area contributed by atoms with Crippen molar-refractivity contribution in [2.75, 3.05) is 6.54 Å². The highest BCUT2D eigenvalue weighted by Crippen LogP contribution is 2.06. The second kappa shape index (κ2) is 4.44. The molecule has 1 aliphatic rings. The van der Waals surface area contributed by atoms with Gasteiger partial charge in [0.25, 0.3) is 0 Å². The molecule has 1 aromatic heterocycles. The molecule has 0 aromatic carbocycles. The largest absolute Gasteiger partial charge is 0.352 e. The minimum atomic E-state index is 0.168. The highest BCUT2D eigenvalue weighted by molar-refractivity contribution is 5.78. The topological polar surface area (TPSA) is 69.8 Å². The molecule has 1 amide bonds. The minimum absolute atomic E-state index is 0.168. The van der Waals surface area contributed by atoms with Crippen molar-refractivity contribution in [3.8, 4) is 0 Å². The minimum Gasteiger partial charge on any atom is -0.352 e. The smallest absolute Gasteiger partial charge is 0.220 e. The van der Waals surface area contributed by atoms with E-state index in [9.17, 15) is 4.79 Å². The first-order valence-corrected chi connectivity index (χ1v) is 5.24. The number of H-pyrrole nitrogens is 1. The summed E-state index contributed by atoms with van der Waals surface area (Å²) in [6.07, 6.45) is 3.43. The number of nitrogens with zero attached hydrogens (tertiary/aromatic N) is 1. The molecule has 1 atom stereocenters. The van der Waals surface area contributed by atoms with Gasteiger partial charge in [0.2, 0.25) is 5.91 Å². The molecule has 3 N–H and O–H groups in total. The van der Waals surface area contributed by atoms with Crippen molar-refractivity contribution in [1.82, 2.24) is 20.8 Å². The first-order chi connectivity index (χ1) is 7.25. The van der Waals surface area contributed by atoms with E-state index in [0.717, 1.165) is 25.2 Å². The summed E-state index contributed by atoms with van der Waals surface area (Å²) in [6, 6.07) is 0.296. The maximum Gasteiger partial charge on any atom is 0.220 e. The summed E-state index contributed by atoms with van der Waals surface area (Å²) in [6.45, 7) is 3.63. The SMILES string of the molecule is Cc1[nH]ncc1CNCC1CCC(=O)N1. The molecule has 15 heavy (non-hydrogen) atoms. The molecule has 5 heteroatoms. The molecule has 0 radical (unpaired) electrons. The number of amides is 1. The highest BCUT2D eigenvalue weighted by atomic mass is 16.1. The number of carbonyl (C=O) groups is 1. The van der Waals surface area contributed by atoms with Crippen LogP contribution in [0.1, 0.15) is 24.1 Å². The van der Waals surface area contributed by atoms with Crippen molar-refractivity contribution in [3.05, 3.63) is 17.5 Å². The molecular weight excluding hydrogens is 192 g/mol. The Hall–Kier alpha value is -1.36. The lowest BCUT2D eigenvalue weighted by molar-refractivity contribution is -0.119. The van der Waals surface area contributed by atoms with Crippen molar-refractivity contribution in [3.63, 3.8) is 0 Å². The Morgan fingerprint density at radius 3 is 3.13 bits per heavy atom. The van der Waals surface area contributed by atoms with E-state index in [1.165, 1.54) is 5.56 Å². The van der Waals surface area contributed by atoms with Crippen molar-refractivity contribution in [2.45, 2.75) is 32.4 Å². The second-order valence-corrected chi connectivity index (χ2v) is 3.95. The molecule has 82 valence electrons. The van der Waals surface area contributed by atoms with Gasteiger partial charge in [-0.25, -0.2) is 0 Å². The third kappa shape index (κ3) is 2.56. The van der Waals surface area contributed by atoms with E-state index in [2.05, 4.69) is 20.8 Å². The van der Waals surface area contributed by atoms with Crippen molar-refractivity contribution >= 4 is 5.91 Å². The van der Waals surface area contributed by atoms with Crippen LogP contribution in [0.2, 0.25) is 0 Å². The van der Waals surface area contributed by atoms with Crippen LogP contribution in [0.5, 0.6) is 0 Å². The van der Waals surface area contributed by atoms with E-state index in [1.807, 2.05) is 13.1 Å². The van der Waals surface area contributed by atoms with Crippen LogP contribution in [0.4, 0.5) is 0 Å². The summed E-state index contributed by atoms with van der Waals surface area (Å²) in [5.74, 6) is 0.168. The fourth-order valence-corrected chi connectivity index (χ4v) is 1.77. The molecule has 1 aliphatic heterocycles. The van der Waals surface area contributed by atoms with Crippen LogP contribution in [0.25, 0.3) is 0 Å². The van der Waals surface area contributed by atoms with E-state index in [0.29, 0.717) is 12.5 Å². The highest BCUT2D eigenvalue weighted by Gasteiger charge is 2.19. The van der Waals surface area contributed by atoms with Crippen LogP contribution in [0.15, 0.2) is 6.20 Å². The molecule has 0 bridgehead atoms. The van der Waals surface area contributed by atoms with Gasteiger partial charge in [-0.1, -0.05) is 0 Å². The maximum absolute atomic E-state index is 10.9. The lowest BCUT2D eigenvalue weighted by Gasteiger charge is -2.10. The number of aryl methyl sites for hydroxylation is 1. The first kappa shape index (κ1) is 10.2. The summed E-state index contributed by atoms with van der Waals surface area (Å²) in [5, 5.41) is 13.1. The standard InChI is InChI=1S/C10H16N4O/c1-7-8(5-12-14-7)4-11-6-9-2-3-10(15)13-9/h5,9,11H,2-4,6H2,1H3,(H,12,14)(H,13,15). The zero-order valence-corrected chi connectivity index (χ0v) is 8.84. The van der Waals surface area contributed by atoms with E-state index in [-0.39, 0.29) is 5.91 Å². The molecular formula is C10H16N4O. The van der Waals surface area contributed by atoms with Gasteiger partial charge in [-0.2, -0.15) is 5.10 Å². The fourth-order valence-electron chi connectivity index (χ4n) is 1.77. The lowest BCUT2D eigenvalue weighted by atomic mass is 10.2. The number of hydrogen-bond acceptors (Lipinski definition) is 3. The number of aromatic nitrogens is 2. The van der Waals surface area contributed by atoms with Gasteiger partial charge in [0.05, 0.1) is 6.20 Å². The molecule has 2 heterocycles. The van der Waals surface area contributed by atoms with Crippen LogP contribution in [0.3, 0.4) is 0 Å². The average Bonchev–Trinajstić information content (AvgIpc) is 2.77. The predicted octanol–water partition coefficient (Wildman–Crippen LogP) is 0.0863. The first-order valence-electron chi connectivity index (χ1n) is 5.24. The summed E-state index contributed by atoms with van der Waals surface area (Å²) in [5.41, 5.74) is 2.28. The second-order valence-electron chi connectivity index (χ2n) is 3.95. The number of carbonyl (C=O) groups excluding carboxylic acids is 1. The molecule has 1 unspecified atom stereocenters. The zero-order valence-electron chi connectivity index (χ0n) is 8.84. The van der Waals surface area contributed by atoms with Crippen LogP contribution >= 0.6 is 0 Å². The van der Waals surface area contributed by atoms with Gasteiger partial charge in [-0.3, -0.25) is 9.89 Å². The molecule has 2 rings (SSSR count). The number of aromatic amines is 1. The van der Waals surface area contributed by atoms with Crippen LogP contribution in [0, 0.1) is 6.92 Å². The van der Waals surface area contributed by atoms with Crippen molar-refractivity contribution < 1.29 is 4.79 Å². The number of hydrogen-bond donors (Lipinski definition) is 3. The van der Waals surface area contributed by atoms with Gasteiger partial charge in [0, 0.05) is 36.8 Å². The molecule has 0 saturated carbocycles. The average molecular weight is 208 g/mol. The Labute approximate surface area is 88.6 Å². The number of nitrogens with one attached hydrogen (secondary N) is 3. The van der Waals surface area contributed by atoms with Gasteiger partial charge in [-0.15, -0.1) is 0 Å². The Kier molecular flexibility index (Phi) is 3.01. The number of rotatable bonds is 4. The van der Waals surface area contributed by atoms with Crippen molar-refractivity contribution in [2.24, 2.45) is 0 Å². The summed E-state index contributed by atoms with van der Waals surface area (Å²) < 4.78 is 0. The quantitative estimate of drug-likeness (QED) is 0.656. The maximum atomic E-state index is 10.9. The van der Waals surface area contributed by atoms with E-state index >= 15 is 0 Å².